The SMILES string of the molecule is C#CC(=O)N1CCN(C(=O)CC2N=C(c3ccc(Cl)cc3)c3c(sc(C)c3C)-n3c(C)nnc32)CC1. The van der Waals surface area contributed by atoms with E-state index in [0.29, 0.717) is 37.0 Å². The van der Waals surface area contributed by atoms with E-state index in [4.69, 9.17) is 23.0 Å². The van der Waals surface area contributed by atoms with Gasteiger partial charge in [-0.25, -0.2) is 0 Å². The molecule has 2 aliphatic rings. The van der Waals surface area contributed by atoms with Crippen LogP contribution in [0.4, 0.5) is 0 Å². The molecule has 36 heavy (non-hydrogen) atoms. The second-order valence-corrected chi connectivity index (χ2v) is 10.6. The number of carbonyl (C=O) groups is 2. The summed E-state index contributed by atoms with van der Waals surface area (Å²) >= 11 is 7.85. The normalized spacial score (nSPS) is 17.1. The molecular formula is C26H25ClN6O2S. The molecule has 2 aromatic heterocycles. The van der Waals surface area contributed by atoms with Crippen LogP contribution in [-0.2, 0) is 9.59 Å². The summed E-state index contributed by atoms with van der Waals surface area (Å²) in [6.45, 7) is 7.82. The van der Waals surface area contributed by atoms with Crippen molar-refractivity contribution in [1.82, 2.24) is 24.6 Å². The fraction of sp³-hybridized carbons (Fsp3) is 0.346. The molecule has 5 rings (SSSR count). The Morgan fingerprint density at radius 1 is 1.08 bits per heavy atom. The lowest BCUT2D eigenvalue weighted by molar-refractivity contribution is -0.137. The summed E-state index contributed by atoms with van der Waals surface area (Å²) in [6.07, 6.45) is 5.39. The van der Waals surface area contributed by atoms with Crippen molar-refractivity contribution in [1.29, 1.82) is 0 Å². The predicted octanol–water partition coefficient (Wildman–Crippen LogP) is 3.49. The Kier molecular flexibility index (Phi) is 6.41. The standard InChI is InChI=1S/C26H25ClN6O2S/c1-5-21(34)31-10-12-32(13-11-31)22(35)14-20-25-30-29-17(4)33(25)26-23(15(2)16(3)36-26)24(28-20)18-6-8-19(27)9-7-18/h1,6-9,20H,10-14H2,2-4H3. The molecule has 1 atom stereocenters. The third-order valence-corrected chi connectivity index (χ3v) is 8.21. The monoisotopic (exact) mass is 520 g/mol. The average Bonchev–Trinajstić information content (AvgIpc) is 3.36. The van der Waals surface area contributed by atoms with Gasteiger partial charge in [0.1, 0.15) is 16.9 Å². The van der Waals surface area contributed by atoms with Crippen molar-refractivity contribution < 1.29 is 9.59 Å². The van der Waals surface area contributed by atoms with Gasteiger partial charge in [0.05, 0.1) is 12.1 Å². The van der Waals surface area contributed by atoms with Gasteiger partial charge in [0.15, 0.2) is 5.82 Å². The fourth-order valence-electron chi connectivity index (χ4n) is 4.68. The number of piperazine rings is 1. The molecule has 2 aliphatic heterocycles. The highest BCUT2D eigenvalue weighted by atomic mass is 35.5. The minimum absolute atomic E-state index is 0.0441. The van der Waals surface area contributed by atoms with E-state index in [-0.39, 0.29) is 18.2 Å². The van der Waals surface area contributed by atoms with E-state index in [9.17, 15) is 9.59 Å². The smallest absolute Gasteiger partial charge is 0.298 e. The molecule has 1 fully saturated rings. The van der Waals surface area contributed by atoms with Crippen LogP contribution in [-0.4, -0.2) is 68.3 Å². The third-order valence-electron chi connectivity index (χ3n) is 6.77. The number of aliphatic imine (C=N–C) groups is 1. The molecule has 4 heterocycles. The minimum atomic E-state index is -0.519. The van der Waals surface area contributed by atoms with Gasteiger partial charge >= 0.3 is 0 Å². The number of nitrogens with zero attached hydrogens (tertiary/aromatic N) is 6. The lowest BCUT2D eigenvalue weighted by atomic mass is 9.99. The maximum atomic E-state index is 13.4. The van der Waals surface area contributed by atoms with Crippen molar-refractivity contribution >= 4 is 40.5 Å². The van der Waals surface area contributed by atoms with Crippen LogP contribution in [0.25, 0.3) is 5.00 Å². The van der Waals surface area contributed by atoms with Crippen LogP contribution in [0.1, 0.15) is 45.7 Å². The van der Waals surface area contributed by atoms with Gasteiger partial charge in [0.2, 0.25) is 5.91 Å². The van der Waals surface area contributed by atoms with E-state index in [1.165, 1.54) is 4.88 Å². The number of rotatable bonds is 3. The number of aromatic nitrogens is 3. The Labute approximate surface area is 218 Å². The van der Waals surface area contributed by atoms with Crippen molar-refractivity contribution in [2.75, 3.05) is 26.2 Å². The zero-order chi connectivity index (χ0) is 25.6. The second-order valence-electron chi connectivity index (χ2n) is 8.93. The Morgan fingerprint density at radius 2 is 1.75 bits per heavy atom. The van der Waals surface area contributed by atoms with Gasteiger partial charge in [-0.2, -0.15) is 0 Å². The second kappa shape index (κ2) is 9.52. The van der Waals surface area contributed by atoms with Gasteiger partial charge in [0.25, 0.3) is 5.91 Å². The maximum absolute atomic E-state index is 13.4. The number of amides is 2. The molecule has 10 heteroatoms. The number of terminal acetylenes is 1. The Morgan fingerprint density at radius 3 is 2.42 bits per heavy atom. The zero-order valence-electron chi connectivity index (χ0n) is 20.3. The zero-order valence-corrected chi connectivity index (χ0v) is 21.9. The van der Waals surface area contributed by atoms with E-state index < -0.39 is 6.04 Å². The molecular weight excluding hydrogens is 496 g/mol. The van der Waals surface area contributed by atoms with Crippen LogP contribution in [0, 0.1) is 33.1 Å². The van der Waals surface area contributed by atoms with Crippen molar-refractivity contribution in [3.05, 3.63) is 62.5 Å². The topological polar surface area (TPSA) is 83.7 Å². The van der Waals surface area contributed by atoms with Gasteiger partial charge in [-0.3, -0.25) is 19.1 Å². The number of carbonyl (C=O) groups excluding carboxylic acids is 2. The van der Waals surface area contributed by atoms with Crippen molar-refractivity contribution in [2.45, 2.75) is 33.2 Å². The fourth-order valence-corrected chi connectivity index (χ4v) is 6.02. The van der Waals surface area contributed by atoms with Crippen LogP contribution in [0.2, 0.25) is 5.02 Å². The molecule has 8 nitrogen and oxygen atoms in total. The maximum Gasteiger partial charge on any atom is 0.298 e. The first-order chi connectivity index (χ1) is 17.3. The van der Waals surface area contributed by atoms with Crippen LogP contribution < -0.4 is 0 Å². The van der Waals surface area contributed by atoms with E-state index in [2.05, 4.69) is 30.0 Å². The molecule has 0 saturated carbocycles. The average molecular weight is 521 g/mol. The Bertz CT molecular complexity index is 1420. The Balaban J connectivity index is 1.53. The van der Waals surface area contributed by atoms with Gasteiger partial charge in [-0.05, 0) is 44.4 Å². The Hall–Kier alpha value is -3.48. The summed E-state index contributed by atoms with van der Waals surface area (Å²) in [7, 11) is 0. The first-order valence-electron chi connectivity index (χ1n) is 11.7. The van der Waals surface area contributed by atoms with Gasteiger partial charge in [0, 0.05) is 47.2 Å². The summed E-state index contributed by atoms with van der Waals surface area (Å²) in [5.74, 6) is 3.15. The van der Waals surface area contributed by atoms with E-state index >= 15 is 0 Å². The number of hydrogen-bond acceptors (Lipinski definition) is 6. The van der Waals surface area contributed by atoms with Crippen molar-refractivity contribution in [3.8, 4) is 17.3 Å². The van der Waals surface area contributed by atoms with Crippen LogP contribution in [0.15, 0.2) is 29.3 Å². The molecule has 0 spiro atoms. The third kappa shape index (κ3) is 4.21. The number of thiophene rings is 1. The molecule has 3 aromatic rings. The predicted molar refractivity (Wildman–Crippen MR) is 140 cm³/mol. The molecule has 1 aromatic carbocycles. The number of aryl methyl sites for hydroxylation is 2. The van der Waals surface area contributed by atoms with Crippen LogP contribution >= 0.6 is 22.9 Å². The number of hydrogen-bond donors (Lipinski definition) is 0. The van der Waals surface area contributed by atoms with Gasteiger partial charge < -0.3 is 9.80 Å². The molecule has 1 unspecified atom stereocenters. The summed E-state index contributed by atoms with van der Waals surface area (Å²) in [6, 6.07) is 7.09. The lowest BCUT2D eigenvalue weighted by Gasteiger charge is -2.34. The largest absolute Gasteiger partial charge is 0.339 e. The highest BCUT2D eigenvalue weighted by molar-refractivity contribution is 7.15. The number of benzene rings is 1. The molecule has 184 valence electrons. The first-order valence-corrected chi connectivity index (χ1v) is 12.9. The summed E-state index contributed by atoms with van der Waals surface area (Å²) < 4.78 is 2.04. The van der Waals surface area contributed by atoms with E-state index in [1.807, 2.05) is 35.8 Å². The van der Waals surface area contributed by atoms with Crippen molar-refractivity contribution in [3.63, 3.8) is 0 Å². The molecule has 0 bridgehead atoms. The van der Waals surface area contributed by atoms with Crippen molar-refractivity contribution in [2.24, 2.45) is 4.99 Å². The highest BCUT2D eigenvalue weighted by Gasteiger charge is 2.34. The minimum Gasteiger partial charge on any atom is -0.339 e. The van der Waals surface area contributed by atoms with Crippen LogP contribution in [0.5, 0.6) is 0 Å². The summed E-state index contributed by atoms with van der Waals surface area (Å²) in [5.41, 5.74) is 3.91. The number of halogens is 1. The molecule has 1 saturated heterocycles. The summed E-state index contributed by atoms with van der Waals surface area (Å²) in [5, 5.41) is 10.5. The highest BCUT2D eigenvalue weighted by Crippen LogP contribution is 2.39. The first kappa shape index (κ1) is 24.2. The van der Waals surface area contributed by atoms with E-state index in [0.717, 1.165) is 33.2 Å². The molecule has 0 radical (unpaired) electrons. The molecule has 2 amide bonds. The van der Waals surface area contributed by atoms with Crippen LogP contribution in [0.3, 0.4) is 0 Å². The summed E-state index contributed by atoms with van der Waals surface area (Å²) in [4.78, 5) is 34.9. The lowest BCUT2D eigenvalue weighted by Crippen LogP contribution is -2.50. The van der Waals surface area contributed by atoms with Gasteiger partial charge in [-0.1, -0.05) is 23.7 Å². The molecule has 0 N–H and O–H groups in total. The van der Waals surface area contributed by atoms with Gasteiger partial charge in [-0.15, -0.1) is 28.0 Å². The van der Waals surface area contributed by atoms with E-state index in [1.54, 1.807) is 21.1 Å². The number of fused-ring (bicyclic) bond motifs is 3. The quantitative estimate of drug-likeness (QED) is 0.495. The molecule has 0 aliphatic carbocycles.